The van der Waals surface area contributed by atoms with Crippen molar-refractivity contribution >= 4 is 14.0 Å². The van der Waals surface area contributed by atoms with Crippen molar-refractivity contribution in [3.63, 3.8) is 0 Å². The molecule has 1 atom stereocenters. The molecule has 0 bridgehead atoms. The molecular weight excluding hydrogens is 364 g/mol. The number of hydrogen-bond donors (Lipinski definition) is 0. The molecule has 3 nitrogen and oxygen atoms in total. The minimum absolute atomic E-state index is 0.220. The van der Waals surface area contributed by atoms with Crippen LogP contribution in [-0.4, -0.2) is 27.3 Å². The Morgan fingerprint density at radius 1 is 1.21 bits per heavy atom. The van der Waals surface area contributed by atoms with E-state index in [2.05, 4.69) is 44.3 Å². The Labute approximate surface area is 171 Å². The van der Waals surface area contributed by atoms with Crippen LogP contribution in [0.15, 0.2) is 43.5 Å². The van der Waals surface area contributed by atoms with Crippen molar-refractivity contribution in [3.8, 4) is 17.2 Å². The lowest BCUT2D eigenvalue weighted by atomic mass is 10.0. The molecule has 0 aliphatic rings. The van der Waals surface area contributed by atoms with Crippen molar-refractivity contribution < 1.29 is 14.3 Å². The van der Waals surface area contributed by atoms with Gasteiger partial charge in [0.1, 0.15) is 25.5 Å². The highest BCUT2D eigenvalue weighted by atomic mass is 28.3. The van der Waals surface area contributed by atoms with Gasteiger partial charge in [-0.1, -0.05) is 43.9 Å². The van der Waals surface area contributed by atoms with Gasteiger partial charge in [-0.25, -0.2) is 4.79 Å². The molecule has 1 rings (SSSR count). The normalized spacial score (nSPS) is 11.7. The van der Waals surface area contributed by atoms with Crippen molar-refractivity contribution in [2.75, 3.05) is 7.11 Å². The van der Waals surface area contributed by atoms with Gasteiger partial charge in [0.05, 0.1) is 7.11 Å². The van der Waals surface area contributed by atoms with Gasteiger partial charge in [-0.15, -0.1) is 24.6 Å². The van der Waals surface area contributed by atoms with Gasteiger partial charge in [-0.3, -0.25) is 0 Å². The maximum atomic E-state index is 13.0. The Balaban J connectivity index is 2.99. The molecule has 152 valence electrons. The standard InChI is InChI=1S/C24H34O3Si/c1-7-9-10-11-16-21(17-13-19-28(4,5)6)27-24(25)23-20(14-8-2)15-12-18-22(23)26-3/h7-8,12,15,18,21H,1-2,9-11,14,16-17H2,3-6H3/t21-/m1/s1. The fourth-order valence-electron chi connectivity index (χ4n) is 2.81. The molecule has 0 saturated heterocycles. The van der Waals surface area contributed by atoms with E-state index in [1.165, 1.54) is 0 Å². The number of ether oxygens (including phenoxy) is 2. The highest BCUT2D eigenvalue weighted by Crippen LogP contribution is 2.25. The summed E-state index contributed by atoms with van der Waals surface area (Å²) < 4.78 is 11.3. The van der Waals surface area contributed by atoms with E-state index in [0.717, 1.165) is 31.2 Å². The van der Waals surface area contributed by atoms with Gasteiger partial charge in [-0.2, -0.15) is 0 Å². The van der Waals surface area contributed by atoms with Crippen molar-refractivity contribution in [3.05, 3.63) is 54.6 Å². The zero-order chi connectivity index (χ0) is 21.0. The van der Waals surface area contributed by atoms with Crippen LogP contribution in [0.3, 0.4) is 0 Å². The number of hydrogen-bond acceptors (Lipinski definition) is 3. The van der Waals surface area contributed by atoms with Crippen molar-refractivity contribution in [2.24, 2.45) is 0 Å². The van der Waals surface area contributed by atoms with Crippen LogP contribution in [0.25, 0.3) is 0 Å². The topological polar surface area (TPSA) is 35.5 Å². The number of allylic oxidation sites excluding steroid dienone is 2. The summed E-state index contributed by atoms with van der Waals surface area (Å²) in [6.45, 7) is 14.2. The maximum Gasteiger partial charge on any atom is 0.342 e. The number of methoxy groups -OCH3 is 1. The van der Waals surface area contributed by atoms with Gasteiger partial charge in [-0.05, 0) is 43.7 Å². The van der Waals surface area contributed by atoms with Gasteiger partial charge >= 0.3 is 5.97 Å². The van der Waals surface area contributed by atoms with E-state index in [4.69, 9.17) is 9.47 Å². The predicted octanol–water partition coefficient (Wildman–Crippen LogP) is 5.97. The molecule has 0 spiro atoms. The molecule has 0 aromatic heterocycles. The second kappa shape index (κ2) is 12.3. The molecule has 0 unspecified atom stereocenters. The van der Waals surface area contributed by atoms with Crippen LogP contribution in [0, 0.1) is 11.5 Å². The van der Waals surface area contributed by atoms with Gasteiger partial charge in [0.2, 0.25) is 0 Å². The lowest BCUT2D eigenvalue weighted by molar-refractivity contribution is 0.0284. The average Bonchev–Trinajstić information content (AvgIpc) is 2.63. The Morgan fingerprint density at radius 2 is 1.96 bits per heavy atom. The number of carbonyl (C=O) groups is 1. The van der Waals surface area contributed by atoms with Crippen molar-refractivity contribution in [2.45, 2.75) is 64.3 Å². The first-order valence-electron chi connectivity index (χ1n) is 9.91. The van der Waals surface area contributed by atoms with Crippen LogP contribution >= 0.6 is 0 Å². The van der Waals surface area contributed by atoms with Crippen molar-refractivity contribution in [1.82, 2.24) is 0 Å². The number of carbonyl (C=O) groups excluding carboxylic acids is 1. The monoisotopic (exact) mass is 398 g/mol. The molecule has 0 radical (unpaired) electrons. The zero-order valence-corrected chi connectivity index (χ0v) is 18.8. The average molecular weight is 399 g/mol. The number of rotatable bonds is 11. The minimum Gasteiger partial charge on any atom is -0.496 e. The largest absolute Gasteiger partial charge is 0.496 e. The molecule has 28 heavy (non-hydrogen) atoms. The smallest absolute Gasteiger partial charge is 0.342 e. The Kier molecular flexibility index (Phi) is 10.4. The minimum atomic E-state index is -1.45. The third kappa shape index (κ3) is 8.62. The molecule has 4 heteroatoms. The lowest BCUT2D eigenvalue weighted by Crippen LogP contribution is -2.21. The third-order valence-corrected chi connectivity index (χ3v) is 5.08. The van der Waals surface area contributed by atoms with E-state index < -0.39 is 8.07 Å². The quantitative estimate of drug-likeness (QED) is 0.151. The summed E-state index contributed by atoms with van der Waals surface area (Å²) in [5, 5.41) is 0. The highest BCUT2D eigenvalue weighted by molar-refractivity contribution is 6.83. The number of unbranched alkanes of at least 4 members (excludes halogenated alkanes) is 2. The SMILES string of the molecule is C=CCCCC[C@H](CC#C[Si](C)(C)C)OC(=O)c1c(CC=C)cccc1OC. The van der Waals surface area contributed by atoms with Crippen LogP contribution in [0.1, 0.15) is 48.0 Å². The lowest BCUT2D eigenvalue weighted by Gasteiger charge is -2.18. The summed E-state index contributed by atoms with van der Waals surface area (Å²) >= 11 is 0. The number of benzene rings is 1. The molecule has 0 N–H and O–H groups in total. The first-order valence-corrected chi connectivity index (χ1v) is 13.4. The van der Waals surface area contributed by atoms with Crippen LogP contribution < -0.4 is 4.74 Å². The van der Waals surface area contributed by atoms with Crippen LogP contribution in [0.4, 0.5) is 0 Å². The second-order valence-corrected chi connectivity index (χ2v) is 12.6. The second-order valence-electron chi connectivity index (χ2n) is 7.84. The molecule has 0 fully saturated rings. The summed E-state index contributed by atoms with van der Waals surface area (Å²) in [6.07, 6.45) is 8.41. The first kappa shape index (κ1) is 23.8. The summed E-state index contributed by atoms with van der Waals surface area (Å²) in [4.78, 5) is 13.0. The first-order chi connectivity index (χ1) is 13.3. The van der Waals surface area contributed by atoms with Crippen LogP contribution in [-0.2, 0) is 11.2 Å². The third-order valence-electron chi connectivity index (χ3n) is 4.15. The summed E-state index contributed by atoms with van der Waals surface area (Å²) in [5.74, 6) is 3.44. The summed E-state index contributed by atoms with van der Waals surface area (Å²) in [5.41, 5.74) is 4.71. The van der Waals surface area contributed by atoms with E-state index in [1.54, 1.807) is 19.3 Å². The van der Waals surface area contributed by atoms with Crippen molar-refractivity contribution in [1.29, 1.82) is 0 Å². The van der Waals surface area contributed by atoms with E-state index in [0.29, 0.717) is 24.2 Å². The van der Waals surface area contributed by atoms with Gasteiger partial charge in [0.25, 0.3) is 0 Å². The molecule has 0 amide bonds. The molecular formula is C24H34O3Si. The Morgan fingerprint density at radius 3 is 2.57 bits per heavy atom. The molecule has 0 aliphatic heterocycles. The number of esters is 1. The van der Waals surface area contributed by atoms with E-state index in [-0.39, 0.29) is 12.1 Å². The van der Waals surface area contributed by atoms with Gasteiger partial charge in [0.15, 0.2) is 0 Å². The predicted molar refractivity (Wildman–Crippen MR) is 121 cm³/mol. The maximum absolute atomic E-state index is 13.0. The van der Waals surface area contributed by atoms with E-state index in [9.17, 15) is 4.79 Å². The Hall–Kier alpha value is -2.25. The van der Waals surface area contributed by atoms with E-state index in [1.807, 2.05) is 18.2 Å². The van der Waals surface area contributed by atoms with Gasteiger partial charge in [0, 0.05) is 6.42 Å². The zero-order valence-electron chi connectivity index (χ0n) is 17.8. The fraction of sp³-hybridized carbons (Fsp3) is 0.458. The molecule has 0 saturated carbocycles. The van der Waals surface area contributed by atoms with E-state index >= 15 is 0 Å². The molecule has 1 aromatic carbocycles. The molecule has 1 aromatic rings. The van der Waals surface area contributed by atoms with Crippen LogP contribution in [0.2, 0.25) is 19.6 Å². The highest BCUT2D eigenvalue weighted by Gasteiger charge is 2.22. The summed E-state index contributed by atoms with van der Waals surface area (Å²) in [7, 11) is 0.113. The molecule has 0 heterocycles. The van der Waals surface area contributed by atoms with Crippen LogP contribution in [0.5, 0.6) is 5.75 Å². The summed E-state index contributed by atoms with van der Waals surface area (Å²) in [6, 6.07) is 5.57. The fourth-order valence-corrected chi connectivity index (χ4v) is 3.44. The Bertz CT molecular complexity index is 720. The van der Waals surface area contributed by atoms with Gasteiger partial charge < -0.3 is 9.47 Å². The molecule has 0 aliphatic carbocycles.